The van der Waals surface area contributed by atoms with Crippen LogP contribution in [0, 0.1) is 17.0 Å². The van der Waals surface area contributed by atoms with Crippen molar-refractivity contribution in [2.75, 3.05) is 18.6 Å². The first-order chi connectivity index (χ1) is 8.96. The molecule has 2 N–H and O–H groups in total. The first-order valence-electron chi connectivity index (χ1n) is 5.77. The van der Waals surface area contributed by atoms with Crippen LogP contribution in [0.1, 0.15) is 19.3 Å². The van der Waals surface area contributed by atoms with Gasteiger partial charge in [0.05, 0.1) is 13.5 Å². The normalized spacial score (nSPS) is 16.2. The van der Waals surface area contributed by atoms with Crippen molar-refractivity contribution in [3.8, 4) is 0 Å². The zero-order chi connectivity index (χ0) is 14.0. The fourth-order valence-corrected chi connectivity index (χ4v) is 2.91. The zero-order valence-electron chi connectivity index (χ0n) is 10.4. The van der Waals surface area contributed by atoms with Gasteiger partial charge in [0.2, 0.25) is 0 Å². The van der Waals surface area contributed by atoms with Gasteiger partial charge in [0.1, 0.15) is 5.03 Å². The highest BCUT2D eigenvalue weighted by atomic mass is 32.2. The number of thioether (sulfide) groups is 1. The quantitative estimate of drug-likeness (QED) is 0.665. The highest BCUT2D eigenvalue weighted by Crippen LogP contribution is 2.52. The summed E-state index contributed by atoms with van der Waals surface area (Å²) in [5, 5.41) is 0.0649. The number of carbonyl (C=O) groups excluding carboxylic acids is 1. The number of hydrogen-bond acceptors (Lipinski definition) is 5. The fourth-order valence-electron chi connectivity index (χ4n) is 1.71. The van der Waals surface area contributed by atoms with Gasteiger partial charge in [-0.1, -0.05) is 0 Å². The number of ether oxygens (including phenoxy) is 1. The SMILES string of the molecule is COC(=O)CC1(CSc2nc(N)c(F)cc2F)CC1. The molecule has 0 amide bonds. The van der Waals surface area contributed by atoms with Crippen LogP contribution in [-0.4, -0.2) is 23.8 Å². The summed E-state index contributed by atoms with van der Waals surface area (Å²) in [4.78, 5) is 14.9. The van der Waals surface area contributed by atoms with Gasteiger partial charge >= 0.3 is 5.97 Å². The zero-order valence-corrected chi connectivity index (χ0v) is 11.2. The van der Waals surface area contributed by atoms with Crippen molar-refractivity contribution in [1.82, 2.24) is 4.98 Å². The summed E-state index contributed by atoms with van der Waals surface area (Å²) >= 11 is 1.15. The average Bonchev–Trinajstić information content (AvgIpc) is 3.12. The van der Waals surface area contributed by atoms with Crippen molar-refractivity contribution in [2.45, 2.75) is 24.3 Å². The number of aromatic nitrogens is 1. The molecule has 0 unspecified atom stereocenters. The molecule has 1 saturated carbocycles. The van der Waals surface area contributed by atoms with Gasteiger partial charge in [-0.05, 0) is 18.3 Å². The maximum atomic E-state index is 13.5. The van der Waals surface area contributed by atoms with Crippen molar-refractivity contribution in [3.05, 3.63) is 17.7 Å². The second kappa shape index (κ2) is 5.32. The van der Waals surface area contributed by atoms with Gasteiger partial charge in [0.15, 0.2) is 17.5 Å². The van der Waals surface area contributed by atoms with Gasteiger partial charge in [-0.3, -0.25) is 4.79 Å². The summed E-state index contributed by atoms with van der Waals surface area (Å²) in [5.74, 6) is -1.65. The van der Waals surface area contributed by atoms with Gasteiger partial charge in [-0.15, -0.1) is 11.8 Å². The van der Waals surface area contributed by atoms with Crippen LogP contribution in [0.15, 0.2) is 11.1 Å². The summed E-state index contributed by atoms with van der Waals surface area (Å²) in [6, 6.07) is 0.727. The molecule has 0 aliphatic heterocycles. The number of rotatable bonds is 5. The molecule has 0 bridgehead atoms. The molecule has 0 saturated heterocycles. The Hall–Kier alpha value is -1.37. The molecule has 4 nitrogen and oxygen atoms in total. The molecule has 0 radical (unpaired) electrons. The van der Waals surface area contributed by atoms with E-state index in [1.54, 1.807) is 0 Å². The van der Waals surface area contributed by atoms with E-state index in [0.29, 0.717) is 12.2 Å². The van der Waals surface area contributed by atoms with E-state index in [2.05, 4.69) is 9.72 Å². The lowest BCUT2D eigenvalue weighted by molar-refractivity contribution is -0.141. The Morgan fingerprint density at radius 3 is 2.79 bits per heavy atom. The summed E-state index contributed by atoms with van der Waals surface area (Å²) in [5.41, 5.74) is 5.16. The highest BCUT2D eigenvalue weighted by molar-refractivity contribution is 7.99. The molecule has 2 rings (SSSR count). The Balaban J connectivity index is 1.99. The lowest BCUT2D eigenvalue weighted by Gasteiger charge is -2.13. The highest BCUT2D eigenvalue weighted by Gasteiger charge is 2.44. The number of hydrogen-bond donors (Lipinski definition) is 1. The molecule has 19 heavy (non-hydrogen) atoms. The number of esters is 1. The molecule has 1 aliphatic carbocycles. The number of anilines is 1. The van der Waals surface area contributed by atoms with Crippen LogP contribution < -0.4 is 5.73 Å². The van der Waals surface area contributed by atoms with Gasteiger partial charge in [0, 0.05) is 11.8 Å². The minimum Gasteiger partial charge on any atom is -0.469 e. The number of halogens is 2. The van der Waals surface area contributed by atoms with Crippen LogP contribution in [0.3, 0.4) is 0 Å². The van der Waals surface area contributed by atoms with E-state index >= 15 is 0 Å². The smallest absolute Gasteiger partial charge is 0.306 e. The van der Waals surface area contributed by atoms with Crippen LogP contribution in [0.25, 0.3) is 0 Å². The van der Waals surface area contributed by atoms with Crippen molar-refractivity contribution >= 4 is 23.5 Å². The molecule has 1 aliphatic rings. The topological polar surface area (TPSA) is 65.2 Å². The van der Waals surface area contributed by atoms with Gasteiger partial charge in [0.25, 0.3) is 0 Å². The number of nitrogen functional groups attached to an aromatic ring is 1. The second-order valence-electron chi connectivity index (χ2n) is 4.68. The summed E-state index contributed by atoms with van der Waals surface area (Å²) in [7, 11) is 1.34. The molecule has 0 spiro atoms. The largest absolute Gasteiger partial charge is 0.469 e. The number of nitrogens with two attached hydrogens (primary N) is 1. The molecule has 1 fully saturated rings. The number of nitrogens with zero attached hydrogens (tertiary/aromatic N) is 1. The third kappa shape index (κ3) is 3.34. The minimum absolute atomic E-state index is 0.0649. The standard InChI is InChI=1S/C12H14F2N2O2S/c1-18-9(17)5-12(2-3-12)6-19-11-8(14)4-7(13)10(15)16-11/h4H,2-3,5-6H2,1H3,(H2,15,16). The monoisotopic (exact) mass is 288 g/mol. The summed E-state index contributed by atoms with van der Waals surface area (Å²) in [6.07, 6.45) is 2.11. The average molecular weight is 288 g/mol. The van der Waals surface area contributed by atoms with Gasteiger partial charge in [-0.25, -0.2) is 13.8 Å². The van der Waals surface area contributed by atoms with Crippen LogP contribution in [0.5, 0.6) is 0 Å². The molecule has 0 atom stereocenters. The first-order valence-corrected chi connectivity index (χ1v) is 6.75. The third-order valence-electron chi connectivity index (χ3n) is 3.14. The number of methoxy groups -OCH3 is 1. The second-order valence-corrected chi connectivity index (χ2v) is 5.65. The third-order valence-corrected chi connectivity index (χ3v) is 4.46. The van der Waals surface area contributed by atoms with Crippen LogP contribution in [0.4, 0.5) is 14.6 Å². The molecule has 0 aromatic carbocycles. The molecule has 7 heteroatoms. The first kappa shape index (κ1) is 14.0. The van der Waals surface area contributed by atoms with Crippen LogP contribution in [0.2, 0.25) is 0 Å². The lowest BCUT2D eigenvalue weighted by atomic mass is 10.1. The van der Waals surface area contributed by atoms with E-state index < -0.39 is 11.6 Å². The molecule has 1 aromatic rings. The van der Waals surface area contributed by atoms with Crippen LogP contribution >= 0.6 is 11.8 Å². The van der Waals surface area contributed by atoms with E-state index in [-0.39, 0.29) is 22.2 Å². The van der Waals surface area contributed by atoms with Gasteiger partial charge < -0.3 is 10.5 Å². The van der Waals surface area contributed by atoms with Crippen molar-refractivity contribution in [1.29, 1.82) is 0 Å². The van der Waals surface area contributed by atoms with E-state index in [9.17, 15) is 13.6 Å². The number of pyridine rings is 1. The Bertz CT molecular complexity index is 507. The Labute approximate surface area is 113 Å². The van der Waals surface area contributed by atoms with E-state index in [4.69, 9.17) is 5.73 Å². The van der Waals surface area contributed by atoms with Crippen LogP contribution in [-0.2, 0) is 9.53 Å². The molecule has 1 heterocycles. The predicted octanol–water partition coefficient (Wildman–Crippen LogP) is 2.38. The van der Waals surface area contributed by atoms with E-state index in [1.807, 2.05) is 0 Å². The van der Waals surface area contributed by atoms with E-state index in [1.165, 1.54) is 7.11 Å². The maximum Gasteiger partial charge on any atom is 0.306 e. The Morgan fingerprint density at radius 2 is 2.21 bits per heavy atom. The fraction of sp³-hybridized carbons (Fsp3) is 0.500. The Morgan fingerprint density at radius 1 is 1.53 bits per heavy atom. The molecule has 104 valence electrons. The molecular formula is C12H14F2N2O2S. The summed E-state index contributed by atoms with van der Waals surface area (Å²) in [6.45, 7) is 0. The Kier molecular flexibility index (Phi) is 3.93. The minimum atomic E-state index is -0.863. The maximum absolute atomic E-state index is 13.5. The van der Waals surface area contributed by atoms with Crippen molar-refractivity contribution in [2.24, 2.45) is 5.41 Å². The number of carbonyl (C=O) groups is 1. The lowest BCUT2D eigenvalue weighted by Crippen LogP contribution is -2.13. The molecular weight excluding hydrogens is 274 g/mol. The van der Waals surface area contributed by atoms with Crippen molar-refractivity contribution < 1.29 is 18.3 Å². The predicted molar refractivity (Wildman–Crippen MR) is 67.6 cm³/mol. The molecule has 1 aromatic heterocycles. The van der Waals surface area contributed by atoms with Crippen molar-refractivity contribution in [3.63, 3.8) is 0 Å². The summed E-state index contributed by atoms with van der Waals surface area (Å²) < 4.78 is 31.1. The van der Waals surface area contributed by atoms with Gasteiger partial charge in [-0.2, -0.15) is 0 Å². The van der Waals surface area contributed by atoms with E-state index in [0.717, 1.165) is 30.7 Å².